The third-order valence-corrected chi connectivity index (χ3v) is 5.35. The lowest BCUT2D eigenvalue weighted by atomic mass is 9.81. The summed E-state index contributed by atoms with van der Waals surface area (Å²) in [7, 11) is 0. The number of nitrogens with zero attached hydrogens (tertiary/aromatic N) is 1. The quantitative estimate of drug-likeness (QED) is 0.818. The van der Waals surface area contributed by atoms with Gasteiger partial charge in [-0.25, -0.2) is 0 Å². The molecule has 0 bridgehead atoms. The summed E-state index contributed by atoms with van der Waals surface area (Å²) in [5.74, 6) is 2.49. The lowest BCUT2D eigenvalue weighted by molar-refractivity contribution is -0.109. The molecule has 100 valence electrons. The normalized spacial score (nSPS) is 44.8. The predicted octanol–water partition coefficient (Wildman–Crippen LogP) is 1.71. The minimum Gasteiger partial charge on any atom is -0.375 e. The number of nitrogens with two attached hydrogens (primary N) is 1. The zero-order valence-electron chi connectivity index (χ0n) is 11.3. The van der Waals surface area contributed by atoms with Gasteiger partial charge in [0.2, 0.25) is 0 Å². The molecule has 2 N–H and O–H groups in total. The smallest absolute Gasteiger partial charge is 0.0568 e. The van der Waals surface area contributed by atoms with Crippen molar-refractivity contribution < 1.29 is 4.74 Å². The molecule has 17 heavy (non-hydrogen) atoms. The topological polar surface area (TPSA) is 38.5 Å². The molecule has 0 aromatic carbocycles. The molecule has 0 radical (unpaired) electrons. The molecule has 2 aliphatic heterocycles. The standard InChI is InChI=1S/C13H26N2OS/c1-10-8-17-5-4-15(10)13(9-14)6-11(2)16-12(3)7-13/h10-12H,4-9,14H2,1-3H3. The van der Waals surface area contributed by atoms with E-state index in [0.717, 1.165) is 19.4 Å². The Bertz CT molecular complexity index is 252. The van der Waals surface area contributed by atoms with Gasteiger partial charge in [0.1, 0.15) is 0 Å². The van der Waals surface area contributed by atoms with E-state index in [2.05, 4.69) is 37.4 Å². The minimum absolute atomic E-state index is 0.178. The van der Waals surface area contributed by atoms with Gasteiger partial charge in [0, 0.05) is 36.2 Å². The first kappa shape index (κ1) is 13.7. The van der Waals surface area contributed by atoms with E-state index < -0.39 is 0 Å². The number of thioether (sulfide) groups is 1. The van der Waals surface area contributed by atoms with Crippen LogP contribution in [0, 0.1) is 0 Å². The second kappa shape index (κ2) is 5.47. The van der Waals surface area contributed by atoms with Gasteiger partial charge in [0.05, 0.1) is 12.2 Å². The Morgan fingerprint density at radius 3 is 2.47 bits per heavy atom. The molecule has 3 unspecified atom stereocenters. The average molecular weight is 258 g/mol. The molecule has 2 fully saturated rings. The third-order valence-electron chi connectivity index (χ3n) is 4.16. The summed E-state index contributed by atoms with van der Waals surface area (Å²) in [5.41, 5.74) is 6.33. The van der Waals surface area contributed by atoms with Crippen LogP contribution in [0.25, 0.3) is 0 Å². The van der Waals surface area contributed by atoms with Gasteiger partial charge in [0.25, 0.3) is 0 Å². The van der Waals surface area contributed by atoms with Crippen molar-refractivity contribution in [3.8, 4) is 0 Å². The first-order valence-corrected chi connectivity index (χ1v) is 7.93. The fourth-order valence-electron chi connectivity index (χ4n) is 3.60. The Balaban J connectivity index is 2.16. The maximum Gasteiger partial charge on any atom is 0.0568 e. The fourth-order valence-corrected chi connectivity index (χ4v) is 4.61. The van der Waals surface area contributed by atoms with Crippen LogP contribution in [-0.4, -0.2) is 53.3 Å². The van der Waals surface area contributed by atoms with Gasteiger partial charge in [-0.15, -0.1) is 0 Å². The van der Waals surface area contributed by atoms with Crippen molar-refractivity contribution in [2.24, 2.45) is 5.73 Å². The monoisotopic (exact) mass is 258 g/mol. The van der Waals surface area contributed by atoms with Crippen molar-refractivity contribution >= 4 is 11.8 Å². The largest absolute Gasteiger partial charge is 0.375 e. The van der Waals surface area contributed by atoms with Crippen molar-refractivity contribution in [2.75, 3.05) is 24.6 Å². The van der Waals surface area contributed by atoms with E-state index in [1.54, 1.807) is 0 Å². The van der Waals surface area contributed by atoms with Gasteiger partial charge in [-0.2, -0.15) is 11.8 Å². The van der Waals surface area contributed by atoms with Crippen LogP contribution in [0.15, 0.2) is 0 Å². The molecule has 0 saturated carbocycles. The first-order valence-electron chi connectivity index (χ1n) is 6.77. The molecule has 4 heteroatoms. The van der Waals surface area contributed by atoms with Gasteiger partial charge < -0.3 is 10.5 Å². The molecule has 3 atom stereocenters. The Morgan fingerprint density at radius 2 is 1.94 bits per heavy atom. The molecule has 0 amide bonds. The number of hydrogen-bond donors (Lipinski definition) is 1. The predicted molar refractivity (Wildman–Crippen MR) is 74.5 cm³/mol. The van der Waals surface area contributed by atoms with Crippen LogP contribution in [-0.2, 0) is 4.74 Å². The molecule has 2 aliphatic rings. The average Bonchev–Trinajstić information content (AvgIpc) is 2.28. The van der Waals surface area contributed by atoms with Gasteiger partial charge >= 0.3 is 0 Å². The summed E-state index contributed by atoms with van der Waals surface area (Å²) in [4.78, 5) is 2.67. The van der Waals surface area contributed by atoms with Gasteiger partial charge in [-0.1, -0.05) is 0 Å². The van der Waals surface area contributed by atoms with E-state index in [-0.39, 0.29) is 5.54 Å². The second-order valence-electron chi connectivity index (χ2n) is 5.71. The molecule has 0 aliphatic carbocycles. The highest BCUT2D eigenvalue weighted by Crippen LogP contribution is 2.36. The van der Waals surface area contributed by atoms with Gasteiger partial charge in [-0.3, -0.25) is 4.90 Å². The van der Waals surface area contributed by atoms with Crippen LogP contribution in [0.3, 0.4) is 0 Å². The van der Waals surface area contributed by atoms with Crippen LogP contribution >= 0.6 is 11.8 Å². The summed E-state index contributed by atoms with van der Waals surface area (Å²) in [6, 6.07) is 0.648. The zero-order chi connectivity index (χ0) is 12.5. The van der Waals surface area contributed by atoms with E-state index in [9.17, 15) is 0 Å². The highest BCUT2D eigenvalue weighted by atomic mass is 32.2. The Morgan fingerprint density at radius 1 is 1.29 bits per heavy atom. The van der Waals surface area contributed by atoms with Crippen molar-refractivity contribution in [3.05, 3.63) is 0 Å². The highest BCUT2D eigenvalue weighted by Gasteiger charge is 2.44. The summed E-state index contributed by atoms with van der Waals surface area (Å²) >= 11 is 2.07. The lowest BCUT2D eigenvalue weighted by Crippen LogP contribution is -2.63. The summed E-state index contributed by atoms with van der Waals surface area (Å²) in [5, 5.41) is 0. The van der Waals surface area contributed by atoms with Crippen molar-refractivity contribution in [1.29, 1.82) is 0 Å². The molecule has 0 aromatic rings. The molecular weight excluding hydrogens is 232 g/mol. The maximum absolute atomic E-state index is 6.15. The Kier molecular flexibility index (Phi) is 4.40. The molecular formula is C13H26N2OS. The van der Waals surface area contributed by atoms with Crippen molar-refractivity contribution in [1.82, 2.24) is 4.90 Å². The van der Waals surface area contributed by atoms with Gasteiger partial charge in [0.15, 0.2) is 0 Å². The molecule has 0 aromatic heterocycles. The minimum atomic E-state index is 0.178. The van der Waals surface area contributed by atoms with Crippen molar-refractivity contribution in [2.45, 2.75) is 57.4 Å². The molecule has 2 rings (SSSR count). The van der Waals surface area contributed by atoms with E-state index >= 15 is 0 Å². The summed E-state index contributed by atoms with van der Waals surface area (Å²) in [6.07, 6.45) is 2.85. The SMILES string of the molecule is CC1CC(CN)(N2CCSCC2C)CC(C)O1. The van der Waals surface area contributed by atoms with E-state index in [4.69, 9.17) is 10.5 Å². The number of ether oxygens (including phenoxy) is 1. The summed E-state index contributed by atoms with van der Waals surface area (Å²) < 4.78 is 5.88. The number of hydrogen-bond acceptors (Lipinski definition) is 4. The van der Waals surface area contributed by atoms with Crippen LogP contribution in [0.2, 0.25) is 0 Å². The summed E-state index contributed by atoms with van der Waals surface area (Å²) in [6.45, 7) is 8.66. The van der Waals surface area contributed by atoms with Crippen molar-refractivity contribution in [3.63, 3.8) is 0 Å². The molecule has 2 heterocycles. The van der Waals surface area contributed by atoms with Gasteiger partial charge in [-0.05, 0) is 33.6 Å². The number of rotatable bonds is 2. The fraction of sp³-hybridized carbons (Fsp3) is 1.00. The van der Waals surface area contributed by atoms with Crippen LogP contribution < -0.4 is 5.73 Å². The molecule has 3 nitrogen and oxygen atoms in total. The molecule has 0 spiro atoms. The van der Waals surface area contributed by atoms with E-state index in [0.29, 0.717) is 18.2 Å². The maximum atomic E-state index is 6.15. The molecule has 2 saturated heterocycles. The van der Waals surface area contributed by atoms with Crippen LogP contribution in [0.1, 0.15) is 33.6 Å². The lowest BCUT2D eigenvalue weighted by Gasteiger charge is -2.53. The van der Waals surface area contributed by atoms with E-state index in [1.165, 1.54) is 18.1 Å². The Hall–Kier alpha value is 0.230. The Labute approximate surface area is 109 Å². The van der Waals surface area contributed by atoms with Crippen LogP contribution in [0.5, 0.6) is 0 Å². The zero-order valence-corrected chi connectivity index (χ0v) is 12.1. The van der Waals surface area contributed by atoms with E-state index in [1.807, 2.05) is 0 Å². The first-order chi connectivity index (χ1) is 8.07. The second-order valence-corrected chi connectivity index (χ2v) is 6.86. The third kappa shape index (κ3) is 2.80. The highest BCUT2D eigenvalue weighted by molar-refractivity contribution is 7.99. The van der Waals surface area contributed by atoms with Crippen LogP contribution in [0.4, 0.5) is 0 Å².